The van der Waals surface area contributed by atoms with E-state index in [-0.39, 0.29) is 17.7 Å². The standard InChI is InChI=1S/C13H19F3N4O/c1-2-5-17-10-7-11(18-9-4-3-6-21-8-9)20-12(19-10)13(14,15)16/h7,9H,2-6,8H2,1H3,(H2,17,18,19,20). The largest absolute Gasteiger partial charge is 0.451 e. The van der Waals surface area contributed by atoms with Crippen LogP contribution in [0.4, 0.5) is 24.8 Å². The van der Waals surface area contributed by atoms with E-state index in [9.17, 15) is 13.2 Å². The third-order valence-electron chi connectivity index (χ3n) is 3.05. The smallest absolute Gasteiger partial charge is 0.379 e. The van der Waals surface area contributed by atoms with Gasteiger partial charge in [-0.15, -0.1) is 0 Å². The Morgan fingerprint density at radius 1 is 1.33 bits per heavy atom. The summed E-state index contributed by atoms with van der Waals surface area (Å²) in [5, 5.41) is 5.86. The van der Waals surface area contributed by atoms with Gasteiger partial charge in [0.2, 0.25) is 5.82 Å². The van der Waals surface area contributed by atoms with E-state index >= 15 is 0 Å². The van der Waals surface area contributed by atoms with Crippen molar-refractivity contribution in [2.24, 2.45) is 0 Å². The molecule has 1 unspecified atom stereocenters. The molecule has 1 aromatic rings. The minimum Gasteiger partial charge on any atom is -0.379 e. The molecule has 2 N–H and O–H groups in total. The lowest BCUT2D eigenvalue weighted by molar-refractivity contribution is -0.144. The molecule has 2 rings (SSSR count). The predicted molar refractivity (Wildman–Crippen MR) is 73.3 cm³/mol. The molecule has 0 aliphatic carbocycles. The molecule has 0 aromatic carbocycles. The molecule has 0 radical (unpaired) electrons. The minimum atomic E-state index is -4.57. The van der Waals surface area contributed by atoms with Crippen LogP contribution in [0.1, 0.15) is 32.0 Å². The number of halogens is 3. The summed E-state index contributed by atoms with van der Waals surface area (Å²) >= 11 is 0. The van der Waals surface area contributed by atoms with E-state index in [2.05, 4.69) is 20.6 Å². The van der Waals surface area contributed by atoms with E-state index in [1.165, 1.54) is 6.07 Å². The van der Waals surface area contributed by atoms with Gasteiger partial charge in [0.25, 0.3) is 0 Å². The molecule has 5 nitrogen and oxygen atoms in total. The fraction of sp³-hybridized carbons (Fsp3) is 0.692. The molecule has 1 atom stereocenters. The molecule has 118 valence electrons. The maximum absolute atomic E-state index is 12.8. The number of hydrogen-bond acceptors (Lipinski definition) is 5. The molecule has 0 saturated carbocycles. The van der Waals surface area contributed by atoms with E-state index in [1.54, 1.807) is 0 Å². The Labute approximate surface area is 121 Å². The maximum atomic E-state index is 12.8. The number of hydrogen-bond donors (Lipinski definition) is 2. The van der Waals surface area contributed by atoms with Crippen molar-refractivity contribution in [1.29, 1.82) is 0 Å². The van der Waals surface area contributed by atoms with Crippen LogP contribution in [-0.2, 0) is 10.9 Å². The lowest BCUT2D eigenvalue weighted by Crippen LogP contribution is -2.30. The number of nitrogens with one attached hydrogen (secondary N) is 2. The summed E-state index contributed by atoms with van der Waals surface area (Å²) in [6.07, 6.45) is -2.03. The SMILES string of the molecule is CCCNc1cc(NC2CCCOC2)nc(C(F)(F)F)n1. The normalized spacial score (nSPS) is 19.3. The zero-order valence-electron chi connectivity index (χ0n) is 11.8. The molecular weight excluding hydrogens is 285 g/mol. The minimum absolute atomic E-state index is 0.0197. The van der Waals surface area contributed by atoms with Crippen LogP contribution in [0.2, 0.25) is 0 Å². The highest BCUT2D eigenvalue weighted by Crippen LogP contribution is 2.28. The molecule has 0 amide bonds. The summed E-state index contributed by atoms with van der Waals surface area (Å²) in [5.74, 6) is -0.785. The third kappa shape index (κ3) is 4.73. The molecule has 1 aliphatic heterocycles. The lowest BCUT2D eigenvalue weighted by atomic mass is 10.1. The van der Waals surface area contributed by atoms with Crippen LogP contribution < -0.4 is 10.6 Å². The second kappa shape index (κ2) is 6.93. The molecule has 1 saturated heterocycles. The number of anilines is 2. The number of aromatic nitrogens is 2. The van der Waals surface area contributed by atoms with Crippen LogP contribution in [0, 0.1) is 0 Å². The van der Waals surface area contributed by atoms with Crippen LogP contribution in [0.25, 0.3) is 0 Å². The van der Waals surface area contributed by atoms with Gasteiger partial charge in [-0.1, -0.05) is 6.92 Å². The van der Waals surface area contributed by atoms with Crippen LogP contribution in [0.15, 0.2) is 6.07 Å². The van der Waals surface area contributed by atoms with Gasteiger partial charge in [0.15, 0.2) is 0 Å². The van der Waals surface area contributed by atoms with Gasteiger partial charge in [-0.3, -0.25) is 0 Å². The monoisotopic (exact) mass is 304 g/mol. The van der Waals surface area contributed by atoms with Crippen LogP contribution >= 0.6 is 0 Å². The average molecular weight is 304 g/mol. The number of nitrogens with zero attached hydrogens (tertiary/aromatic N) is 2. The summed E-state index contributed by atoms with van der Waals surface area (Å²) in [6.45, 7) is 3.65. The van der Waals surface area contributed by atoms with Crippen molar-refractivity contribution >= 4 is 11.6 Å². The first-order chi connectivity index (χ1) is 9.99. The molecule has 0 spiro atoms. The van der Waals surface area contributed by atoms with Gasteiger partial charge < -0.3 is 15.4 Å². The number of alkyl halides is 3. The van der Waals surface area contributed by atoms with Crippen molar-refractivity contribution in [3.63, 3.8) is 0 Å². The zero-order valence-corrected chi connectivity index (χ0v) is 11.8. The molecule has 2 heterocycles. The van der Waals surface area contributed by atoms with Crippen molar-refractivity contribution < 1.29 is 17.9 Å². The van der Waals surface area contributed by atoms with Crippen LogP contribution in [-0.4, -0.2) is 35.8 Å². The molecule has 1 aromatic heterocycles. The quantitative estimate of drug-likeness (QED) is 0.876. The number of ether oxygens (including phenoxy) is 1. The van der Waals surface area contributed by atoms with Gasteiger partial charge >= 0.3 is 6.18 Å². The highest BCUT2D eigenvalue weighted by molar-refractivity contribution is 5.48. The molecule has 21 heavy (non-hydrogen) atoms. The van der Waals surface area contributed by atoms with Gasteiger partial charge in [-0.2, -0.15) is 13.2 Å². The lowest BCUT2D eigenvalue weighted by Gasteiger charge is -2.24. The molecule has 1 aliphatic rings. The predicted octanol–water partition coefficient (Wildman–Crippen LogP) is 2.91. The first kappa shape index (κ1) is 15.8. The molecular formula is C13H19F3N4O. The van der Waals surface area contributed by atoms with Crippen molar-refractivity contribution in [2.75, 3.05) is 30.4 Å². The van der Waals surface area contributed by atoms with Crippen molar-refractivity contribution in [3.05, 3.63) is 11.9 Å². The van der Waals surface area contributed by atoms with Gasteiger partial charge in [0.05, 0.1) is 12.6 Å². The Kier molecular flexibility index (Phi) is 5.22. The van der Waals surface area contributed by atoms with Crippen LogP contribution in [0.3, 0.4) is 0 Å². The second-order valence-electron chi connectivity index (χ2n) is 4.94. The van der Waals surface area contributed by atoms with Crippen molar-refractivity contribution in [1.82, 2.24) is 9.97 Å². The molecule has 1 fully saturated rings. The Bertz CT molecular complexity index is 461. The fourth-order valence-electron chi connectivity index (χ4n) is 2.06. The van der Waals surface area contributed by atoms with Crippen LogP contribution in [0.5, 0.6) is 0 Å². The van der Waals surface area contributed by atoms with Gasteiger partial charge in [-0.05, 0) is 19.3 Å². The summed E-state index contributed by atoms with van der Waals surface area (Å²) in [7, 11) is 0. The summed E-state index contributed by atoms with van der Waals surface area (Å²) in [6, 6.07) is 1.48. The van der Waals surface area contributed by atoms with Gasteiger partial charge in [0.1, 0.15) is 11.6 Å². The Balaban J connectivity index is 2.17. The van der Waals surface area contributed by atoms with E-state index in [0.29, 0.717) is 19.8 Å². The van der Waals surface area contributed by atoms with Crippen molar-refractivity contribution in [2.45, 2.75) is 38.4 Å². The Morgan fingerprint density at radius 3 is 2.71 bits per heavy atom. The molecule has 0 bridgehead atoms. The van der Waals surface area contributed by atoms with Crippen molar-refractivity contribution in [3.8, 4) is 0 Å². The maximum Gasteiger partial charge on any atom is 0.451 e. The van der Waals surface area contributed by atoms with E-state index < -0.39 is 12.0 Å². The van der Waals surface area contributed by atoms with E-state index in [1.807, 2.05) is 6.92 Å². The third-order valence-corrected chi connectivity index (χ3v) is 3.05. The highest BCUT2D eigenvalue weighted by Gasteiger charge is 2.35. The first-order valence-electron chi connectivity index (χ1n) is 7.03. The summed E-state index contributed by atoms with van der Waals surface area (Å²) in [4.78, 5) is 7.08. The first-order valence-corrected chi connectivity index (χ1v) is 7.03. The Morgan fingerprint density at radius 2 is 2.10 bits per heavy atom. The topological polar surface area (TPSA) is 59.1 Å². The second-order valence-corrected chi connectivity index (χ2v) is 4.94. The average Bonchev–Trinajstić information content (AvgIpc) is 2.45. The van der Waals surface area contributed by atoms with Gasteiger partial charge in [-0.25, -0.2) is 9.97 Å². The summed E-state index contributed by atoms with van der Waals surface area (Å²) in [5.41, 5.74) is 0. The number of rotatable bonds is 5. The Hall–Kier alpha value is -1.57. The summed E-state index contributed by atoms with van der Waals surface area (Å²) < 4.78 is 43.8. The highest BCUT2D eigenvalue weighted by atomic mass is 19.4. The van der Waals surface area contributed by atoms with Gasteiger partial charge in [0, 0.05) is 19.2 Å². The zero-order chi connectivity index (χ0) is 15.3. The molecule has 8 heteroatoms. The van der Waals surface area contributed by atoms with E-state index in [0.717, 1.165) is 19.3 Å². The van der Waals surface area contributed by atoms with E-state index in [4.69, 9.17) is 4.74 Å². The fourth-order valence-corrected chi connectivity index (χ4v) is 2.06.